The maximum atomic E-state index is 11.5. The van der Waals surface area contributed by atoms with Crippen LogP contribution in [0.1, 0.15) is 17.4 Å². The monoisotopic (exact) mass is 229 g/mol. The van der Waals surface area contributed by atoms with Gasteiger partial charge < -0.3 is 4.74 Å². The summed E-state index contributed by atoms with van der Waals surface area (Å²) in [7, 11) is 0. The number of hydrogen-bond donors (Lipinski definition) is 0. The number of carbonyl (C=O) groups excluding carboxylic acids is 1. The second-order valence-corrected chi connectivity index (χ2v) is 3.24. The molecule has 86 valence electrons. The summed E-state index contributed by atoms with van der Waals surface area (Å²) < 4.78 is 4.88. The number of nitrogens with zero attached hydrogens (tertiary/aromatic N) is 3. The average molecular weight is 229 g/mol. The van der Waals surface area contributed by atoms with Crippen molar-refractivity contribution < 1.29 is 9.53 Å². The Morgan fingerprint density at radius 3 is 2.76 bits per heavy atom. The summed E-state index contributed by atoms with van der Waals surface area (Å²) in [5.74, 6) is -0.440. The van der Waals surface area contributed by atoms with E-state index in [1.54, 1.807) is 25.4 Å². The van der Waals surface area contributed by atoms with Crippen LogP contribution in [0, 0.1) is 0 Å². The van der Waals surface area contributed by atoms with Crippen molar-refractivity contribution in [3.63, 3.8) is 0 Å². The molecule has 0 unspecified atom stereocenters. The van der Waals surface area contributed by atoms with Gasteiger partial charge in [-0.1, -0.05) is 0 Å². The molecule has 0 radical (unpaired) electrons. The van der Waals surface area contributed by atoms with Gasteiger partial charge in [-0.05, 0) is 25.1 Å². The SMILES string of the molecule is CCOC(=O)c1cc(-c2ccncc2)ncn1. The molecule has 5 nitrogen and oxygen atoms in total. The van der Waals surface area contributed by atoms with Crippen molar-refractivity contribution in [1.82, 2.24) is 15.0 Å². The molecular formula is C12H11N3O2. The molecule has 0 fully saturated rings. The van der Waals surface area contributed by atoms with Gasteiger partial charge in [0, 0.05) is 18.0 Å². The van der Waals surface area contributed by atoms with Crippen LogP contribution in [-0.4, -0.2) is 27.5 Å². The van der Waals surface area contributed by atoms with Crippen molar-refractivity contribution in [3.8, 4) is 11.3 Å². The van der Waals surface area contributed by atoms with Crippen LogP contribution in [0.25, 0.3) is 11.3 Å². The minimum atomic E-state index is -0.440. The molecule has 0 N–H and O–H groups in total. The quantitative estimate of drug-likeness (QED) is 0.750. The molecule has 0 saturated heterocycles. The van der Waals surface area contributed by atoms with Gasteiger partial charge in [0.15, 0.2) is 5.69 Å². The molecule has 0 aromatic carbocycles. The zero-order valence-corrected chi connectivity index (χ0v) is 9.33. The molecule has 17 heavy (non-hydrogen) atoms. The van der Waals surface area contributed by atoms with Crippen LogP contribution in [-0.2, 0) is 4.74 Å². The minimum absolute atomic E-state index is 0.258. The van der Waals surface area contributed by atoms with Gasteiger partial charge in [-0.15, -0.1) is 0 Å². The number of aromatic nitrogens is 3. The number of ether oxygens (including phenoxy) is 1. The number of rotatable bonds is 3. The van der Waals surface area contributed by atoms with Crippen LogP contribution in [0.5, 0.6) is 0 Å². The van der Waals surface area contributed by atoms with E-state index in [4.69, 9.17) is 4.74 Å². The normalized spacial score (nSPS) is 9.94. The van der Waals surface area contributed by atoms with Crippen molar-refractivity contribution in [1.29, 1.82) is 0 Å². The molecular weight excluding hydrogens is 218 g/mol. The molecule has 0 spiro atoms. The van der Waals surface area contributed by atoms with Crippen molar-refractivity contribution in [2.75, 3.05) is 6.61 Å². The lowest BCUT2D eigenvalue weighted by Crippen LogP contribution is -2.07. The first-order valence-corrected chi connectivity index (χ1v) is 5.21. The Kier molecular flexibility index (Phi) is 3.40. The minimum Gasteiger partial charge on any atom is -0.461 e. The summed E-state index contributed by atoms with van der Waals surface area (Å²) in [5, 5.41) is 0. The van der Waals surface area contributed by atoms with Crippen LogP contribution in [0.4, 0.5) is 0 Å². The highest BCUT2D eigenvalue weighted by atomic mass is 16.5. The lowest BCUT2D eigenvalue weighted by molar-refractivity contribution is 0.0519. The molecule has 0 amide bonds. The molecule has 0 bridgehead atoms. The van der Waals surface area contributed by atoms with E-state index < -0.39 is 5.97 Å². The van der Waals surface area contributed by atoms with E-state index in [9.17, 15) is 4.79 Å². The van der Waals surface area contributed by atoms with E-state index >= 15 is 0 Å². The van der Waals surface area contributed by atoms with Crippen LogP contribution in [0.3, 0.4) is 0 Å². The van der Waals surface area contributed by atoms with Gasteiger partial charge in [0.2, 0.25) is 0 Å². The van der Waals surface area contributed by atoms with Crippen molar-refractivity contribution in [3.05, 3.63) is 42.6 Å². The second kappa shape index (κ2) is 5.16. The predicted molar refractivity (Wildman–Crippen MR) is 61.2 cm³/mol. The fraction of sp³-hybridized carbons (Fsp3) is 0.167. The Balaban J connectivity index is 2.32. The zero-order chi connectivity index (χ0) is 12.1. The molecule has 0 aliphatic heterocycles. The lowest BCUT2D eigenvalue weighted by Gasteiger charge is -2.03. The van der Waals surface area contributed by atoms with Gasteiger partial charge in [0.05, 0.1) is 12.3 Å². The Labute approximate surface area is 98.5 Å². The Morgan fingerprint density at radius 1 is 1.29 bits per heavy atom. The summed E-state index contributed by atoms with van der Waals surface area (Å²) in [4.78, 5) is 23.4. The number of pyridine rings is 1. The van der Waals surface area contributed by atoms with E-state index in [1.165, 1.54) is 6.33 Å². The summed E-state index contributed by atoms with van der Waals surface area (Å²) in [6.07, 6.45) is 4.69. The van der Waals surface area contributed by atoms with E-state index in [0.717, 1.165) is 5.56 Å². The van der Waals surface area contributed by atoms with Crippen molar-refractivity contribution >= 4 is 5.97 Å². The van der Waals surface area contributed by atoms with Gasteiger partial charge in [-0.3, -0.25) is 4.98 Å². The summed E-state index contributed by atoms with van der Waals surface area (Å²) >= 11 is 0. The third kappa shape index (κ3) is 2.63. The molecule has 5 heteroatoms. The Bertz CT molecular complexity index is 514. The molecule has 2 rings (SSSR count). The summed E-state index contributed by atoms with van der Waals surface area (Å²) in [6.45, 7) is 2.08. The number of hydrogen-bond acceptors (Lipinski definition) is 5. The Morgan fingerprint density at radius 2 is 2.06 bits per heavy atom. The topological polar surface area (TPSA) is 65.0 Å². The van der Waals surface area contributed by atoms with E-state index in [2.05, 4.69) is 15.0 Å². The van der Waals surface area contributed by atoms with Gasteiger partial charge in [-0.2, -0.15) is 0 Å². The maximum Gasteiger partial charge on any atom is 0.357 e. The van der Waals surface area contributed by atoms with E-state index in [0.29, 0.717) is 12.3 Å². The molecule has 0 aliphatic carbocycles. The van der Waals surface area contributed by atoms with Gasteiger partial charge in [0.25, 0.3) is 0 Å². The highest BCUT2D eigenvalue weighted by molar-refractivity contribution is 5.88. The highest BCUT2D eigenvalue weighted by Gasteiger charge is 2.09. The molecule has 0 saturated carbocycles. The number of carbonyl (C=O) groups is 1. The number of esters is 1. The standard InChI is InChI=1S/C12H11N3O2/c1-2-17-12(16)11-7-10(14-8-15-11)9-3-5-13-6-4-9/h3-8H,2H2,1H3. The van der Waals surface area contributed by atoms with Crippen molar-refractivity contribution in [2.24, 2.45) is 0 Å². The van der Waals surface area contributed by atoms with Crippen molar-refractivity contribution in [2.45, 2.75) is 6.92 Å². The van der Waals surface area contributed by atoms with Gasteiger partial charge in [-0.25, -0.2) is 14.8 Å². The molecule has 0 atom stereocenters. The first-order valence-electron chi connectivity index (χ1n) is 5.21. The first kappa shape index (κ1) is 11.2. The third-order valence-electron chi connectivity index (χ3n) is 2.13. The third-order valence-corrected chi connectivity index (χ3v) is 2.13. The molecule has 2 aromatic heterocycles. The van der Waals surface area contributed by atoms with Crippen LogP contribution in [0.2, 0.25) is 0 Å². The smallest absolute Gasteiger partial charge is 0.357 e. The zero-order valence-electron chi connectivity index (χ0n) is 9.33. The molecule has 2 heterocycles. The molecule has 2 aromatic rings. The lowest BCUT2D eigenvalue weighted by atomic mass is 10.2. The van der Waals surface area contributed by atoms with Crippen LogP contribution >= 0.6 is 0 Å². The maximum absolute atomic E-state index is 11.5. The summed E-state index contributed by atoms with van der Waals surface area (Å²) in [5.41, 5.74) is 1.81. The fourth-order valence-electron chi connectivity index (χ4n) is 1.35. The largest absolute Gasteiger partial charge is 0.461 e. The van der Waals surface area contributed by atoms with Gasteiger partial charge in [0.1, 0.15) is 6.33 Å². The predicted octanol–water partition coefficient (Wildman–Crippen LogP) is 1.72. The fourth-order valence-corrected chi connectivity index (χ4v) is 1.35. The Hall–Kier alpha value is -2.30. The average Bonchev–Trinajstić information content (AvgIpc) is 2.40. The highest BCUT2D eigenvalue weighted by Crippen LogP contribution is 2.15. The van der Waals surface area contributed by atoms with Gasteiger partial charge >= 0.3 is 5.97 Å². The van der Waals surface area contributed by atoms with Crippen LogP contribution < -0.4 is 0 Å². The second-order valence-electron chi connectivity index (χ2n) is 3.24. The van der Waals surface area contributed by atoms with Crippen LogP contribution in [0.15, 0.2) is 36.9 Å². The van der Waals surface area contributed by atoms with E-state index in [1.807, 2.05) is 12.1 Å². The summed E-state index contributed by atoms with van der Waals surface area (Å²) in [6, 6.07) is 5.24. The molecule has 0 aliphatic rings. The van der Waals surface area contributed by atoms with E-state index in [-0.39, 0.29) is 5.69 Å². The first-order chi connectivity index (χ1) is 8.31.